The lowest BCUT2D eigenvalue weighted by atomic mass is 9.94. The third kappa shape index (κ3) is 4.24. The summed E-state index contributed by atoms with van der Waals surface area (Å²) in [5.41, 5.74) is 0. The van der Waals surface area contributed by atoms with Gasteiger partial charge in [-0.3, -0.25) is 0 Å². The molecule has 142 valence electrons. The van der Waals surface area contributed by atoms with Crippen LogP contribution in [0, 0.1) is 11.8 Å². The zero-order valence-corrected chi connectivity index (χ0v) is 17.0. The van der Waals surface area contributed by atoms with Crippen LogP contribution >= 0.6 is 0 Å². The average Bonchev–Trinajstić information content (AvgIpc) is 2.55. The monoisotopic (exact) mass is 388 g/mol. The molecule has 0 spiro atoms. The van der Waals surface area contributed by atoms with Gasteiger partial charge in [0, 0.05) is 26.2 Å². The normalized spacial score (nSPS) is 23.1. The first-order chi connectivity index (χ1) is 11.6. The summed E-state index contributed by atoms with van der Waals surface area (Å²) in [5, 5.41) is 0. The van der Waals surface area contributed by atoms with Crippen molar-refractivity contribution in [1.82, 2.24) is 8.61 Å². The fraction of sp³-hybridized carbons (Fsp3) is 0.647. The summed E-state index contributed by atoms with van der Waals surface area (Å²) in [7, 11) is -7.18. The Morgan fingerprint density at radius 1 is 0.920 bits per heavy atom. The zero-order chi connectivity index (χ0) is 18.8. The van der Waals surface area contributed by atoms with Crippen LogP contribution in [-0.2, 0) is 20.0 Å². The molecule has 6 nitrogen and oxygen atoms in total. The Morgan fingerprint density at radius 3 is 1.80 bits per heavy atom. The number of hydrogen-bond acceptors (Lipinski definition) is 4. The maximum Gasteiger partial charge on any atom is 0.243 e. The second kappa shape index (κ2) is 7.73. The maximum atomic E-state index is 12.9. The van der Waals surface area contributed by atoms with Gasteiger partial charge in [0.1, 0.15) is 0 Å². The number of benzene rings is 1. The average molecular weight is 389 g/mol. The highest BCUT2D eigenvalue weighted by molar-refractivity contribution is 7.89. The van der Waals surface area contributed by atoms with Crippen LogP contribution in [0.5, 0.6) is 0 Å². The molecule has 1 aromatic rings. The quantitative estimate of drug-likeness (QED) is 0.750. The second-order valence-electron chi connectivity index (χ2n) is 6.83. The van der Waals surface area contributed by atoms with E-state index < -0.39 is 20.0 Å². The van der Waals surface area contributed by atoms with Crippen LogP contribution in [0.3, 0.4) is 0 Å². The summed E-state index contributed by atoms with van der Waals surface area (Å²) in [4.78, 5) is 0.267. The smallest absolute Gasteiger partial charge is 0.207 e. The summed E-state index contributed by atoms with van der Waals surface area (Å²) in [6.07, 6.45) is 1.02. The molecule has 0 aromatic heterocycles. The predicted molar refractivity (Wildman–Crippen MR) is 98.3 cm³/mol. The molecule has 1 saturated heterocycles. The van der Waals surface area contributed by atoms with Gasteiger partial charge in [-0.25, -0.2) is 16.8 Å². The molecule has 1 aliphatic rings. The van der Waals surface area contributed by atoms with Gasteiger partial charge < -0.3 is 0 Å². The zero-order valence-electron chi connectivity index (χ0n) is 15.3. The molecule has 1 heterocycles. The van der Waals surface area contributed by atoms with E-state index in [1.165, 1.54) is 32.9 Å². The van der Waals surface area contributed by atoms with Gasteiger partial charge in [-0.1, -0.05) is 27.7 Å². The number of nitrogens with zero attached hydrogens (tertiary/aromatic N) is 2. The molecule has 0 amide bonds. The summed E-state index contributed by atoms with van der Waals surface area (Å²) in [6.45, 7) is 9.43. The molecule has 1 aromatic carbocycles. The van der Waals surface area contributed by atoms with E-state index in [0.29, 0.717) is 38.0 Å². The Hall–Kier alpha value is -0.960. The Kier molecular flexibility index (Phi) is 6.30. The third-order valence-electron chi connectivity index (χ3n) is 4.64. The van der Waals surface area contributed by atoms with Crippen LogP contribution in [0.15, 0.2) is 34.1 Å². The van der Waals surface area contributed by atoms with Crippen LogP contribution in [0.4, 0.5) is 0 Å². The molecule has 25 heavy (non-hydrogen) atoms. The molecule has 2 rings (SSSR count). The van der Waals surface area contributed by atoms with Crippen LogP contribution in [-0.4, -0.2) is 51.6 Å². The van der Waals surface area contributed by atoms with Gasteiger partial charge in [0.25, 0.3) is 0 Å². The molecule has 2 atom stereocenters. The first-order valence-electron chi connectivity index (χ1n) is 8.73. The van der Waals surface area contributed by atoms with E-state index in [1.807, 2.05) is 0 Å². The molecule has 0 saturated carbocycles. The molecule has 0 bridgehead atoms. The van der Waals surface area contributed by atoms with E-state index in [1.54, 1.807) is 13.8 Å². The minimum atomic E-state index is -3.60. The molecule has 0 N–H and O–H groups in total. The van der Waals surface area contributed by atoms with E-state index >= 15 is 0 Å². The van der Waals surface area contributed by atoms with Crippen LogP contribution < -0.4 is 0 Å². The molecule has 8 heteroatoms. The molecule has 0 aliphatic carbocycles. The first-order valence-corrected chi connectivity index (χ1v) is 11.6. The molecular formula is C17H28N2O4S2. The lowest BCUT2D eigenvalue weighted by Crippen LogP contribution is -2.42. The van der Waals surface area contributed by atoms with Crippen molar-refractivity contribution in [1.29, 1.82) is 0 Å². The predicted octanol–water partition coefficient (Wildman–Crippen LogP) is 2.38. The fourth-order valence-corrected chi connectivity index (χ4v) is 6.58. The molecule has 0 radical (unpaired) electrons. The SMILES string of the molecule is CCN(CC)S(=O)(=O)c1ccc(S(=O)(=O)N2C[C@@H](C)C[C@H](C)C2)cc1. The van der Waals surface area contributed by atoms with Crippen molar-refractivity contribution in [2.45, 2.75) is 43.9 Å². The van der Waals surface area contributed by atoms with Crippen LogP contribution in [0.25, 0.3) is 0 Å². The lowest BCUT2D eigenvalue weighted by Gasteiger charge is -2.34. The topological polar surface area (TPSA) is 74.8 Å². The molecular weight excluding hydrogens is 360 g/mol. The minimum absolute atomic E-state index is 0.121. The standard InChI is InChI=1S/C17H28N2O4S2/c1-5-18(6-2)24(20,21)16-7-9-17(10-8-16)25(22,23)19-12-14(3)11-15(4)13-19/h7-10,14-15H,5-6,11-13H2,1-4H3/t14-,15-/m0/s1. The van der Waals surface area contributed by atoms with Crippen molar-refractivity contribution in [2.75, 3.05) is 26.2 Å². The van der Waals surface area contributed by atoms with Gasteiger partial charge in [-0.15, -0.1) is 0 Å². The summed E-state index contributed by atoms with van der Waals surface area (Å²) >= 11 is 0. The van der Waals surface area contributed by atoms with E-state index in [4.69, 9.17) is 0 Å². The van der Waals surface area contributed by atoms with Crippen LogP contribution in [0.2, 0.25) is 0 Å². The Morgan fingerprint density at radius 2 is 1.36 bits per heavy atom. The summed E-state index contributed by atoms with van der Waals surface area (Å²) in [5.74, 6) is 0.640. The molecule has 1 aliphatic heterocycles. The Bertz CT molecular complexity index is 774. The van der Waals surface area contributed by atoms with Crippen molar-refractivity contribution in [2.24, 2.45) is 11.8 Å². The van der Waals surface area contributed by atoms with E-state index in [0.717, 1.165) is 6.42 Å². The van der Waals surface area contributed by atoms with E-state index in [2.05, 4.69) is 13.8 Å². The minimum Gasteiger partial charge on any atom is -0.207 e. The van der Waals surface area contributed by atoms with Gasteiger partial charge >= 0.3 is 0 Å². The number of piperidine rings is 1. The van der Waals surface area contributed by atoms with Crippen molar-refractivity contribution in [3.8, 4) is 0 Å². The van der Waals surface area contributed by atoms with Crippen molar-refractivity contribution in [3.05, 3.63) is 24.3 Å². The number of rotatable bonds is 6. The fourth-order valence-electron chi connectivity index (χ4n) is 3.45. The lowest BCUT2D eigenvalue weighted by molar-refractivity contribution is 0.222. The van der Waals surface area contributed by atoms with Gasteiger partial charge in [0.2, 0.25) is 20.0 Å². The largest absolute Gasteiger partial charge is 0.243 e. The van der Waals surface area contributed by atoms with Gasteiger partial charge in [0.15, 0.2) is 0 Å². The van der Waals surface area contributed by atoms with Crippen LogP contribution in [0.1, 0.15) is 34.1 Å². The highest BCUT2D eigenvalue weighted by Crippen LogP contribution is 2.27. The highest BCUT2D eigenvalue weighted by atomic mass is 32.2. The number of sulfonamides is 2. The van der Waals surface area contributed by atoms with Crippen molar-refractivity contribution >= 4 is 20.0 Å². The third-order valence-corrected chi connectivity index (χ3v) is 8.55. The second-order valence-corrected chi connectivity index (χ2v) is 10.7. The van der Waals surface area contributed by atoms with E-state index in [-0.39, 0.29) is 9.79 Å². The number of hydrogen-bond donors (Lipinski definition) is 0. The highest BCUT2D eigenvalue weighted by Gasteiger charge is 2.32. The molecule has 0 unspecified atom stereocenters. The summed E-state index contributed by atoms with van der Waals surface area (Å²) < 4.78 is 53.6. The summed E-state index contributed by atoms with van der Waals surface area (Å²) in [6, 6.07) is 5.57. The van der Waals surface area contributed by atoms with Gasteiger partial charge in [0.05, 0.1) is 9.79 Å². The first kappa shape index (κ1) is 20.4. The van der Waals surface area contributed by atoms with Gasteiger partial charge in [-0.2, -0.15) is 8.61 Å². The van der Waals surface area contributed by atoms with Crippen molar-refractivity contribution < 1.29 is 16.8 Å². The van der Waals surface area contributed by atoms with Crippen molar-refractivity contribution in [3.63, 3.8) is 0 Å². The van der Waals surface area contributed by atoms with E-state index in [9.17, 15) is 16.8 Å². The van der Waals surface area contributed by atoms with Gasteiger partial charge in [-0.05, 0) is 42.5 Å². The Labute approximate surface area is 151 Å². The Balaban J connectivity index is 2.30. The molecule has 1 fully saturated rings. The maximum absolute atomic E-state index is 12.9.